The highest BCUT2D eigenvalue weighted by Gasteiger charge is 2.22. The second-order valence-electron chi connectivity index (χ2n) is 4.86. The van der Waals surface area contributed by atoms with E-state index in [4.69, 9.17) is 9.63 Å². The van der Waals surface area contributed by atoms with Gasteiger partial charge >= 0.3 is 5.97 Å². The second kappa shape index (κ2) is 5.16. The van der Waals surface area contributed by atoms with Crippen molar-refractivity contribution in [3.8, 4) is 11.3 Å². The number of rotatable bonds is 3. The molecule has 0 unspecified atom stereocenters. The number of hydrogen-bond donors (Lipinski definition) is 1. The molecule has 0 aliphatic carbocycles. The summed E-state index contributed by atoms with van der Waals surface area (Å²) >= 11 is 0. The van der Waals surface area contributed by atoms with Crippen molar-refractivity contribution in [2.45, 2.75) is 12.8 Å². The largest absolute Gasteiger partial charge is 0.476 e. The van der Waals surface area contributed by atoms with Crippen molar-refractivity contribution in [2.24, 2.45) is 0 Å². The molecule has 2 aromatic rings. The summed E-state index contributed by atoms with van der Waals surface area (Å²) in [6.45, 7) is 1.47. The zero-order chi connectivity index (χ0) is 15.0. The Morgan fingerprint density at radius 1 is 1.19 bits per heavy atom. The van der Waals surface area contributed by atoms with Gasteiger partial charge in [-0.3, -0.25) is 0 Å². The minimum atomic E-state index is -1.24. The van der Waals surface area contributed by atoms with Crippen LogP contribution in [-0.4, -0.2) is 29.3 Å². The van der Waals surface area contributed by atoms with Crippen molar-refractivity contribution < 1.29 is 23.2 Å². The third-order valence-corrected chi connectivity index (χ3v) is 3.48. The average Bonchev–Trinajstić information content (AvgIpc) is 3.11. The number of anilines is 1. The van der Waals surface area contributed by atoms with Gasteiger partial charge < -0.3 is 14.5 Å². The number of benzene rings is 1. The Bertz CT molecular complexity index is 694. The van der Waals surface area contributed by atoms with Crippen molar-refractivity contribution in [2.75, 3.05) is 18.0 Å². The van der Waals surface area contributed by atoms with E-state index in [1.54, 1.807) is 0 Å². The van der Waals surface area contributed by atoms with Gasteiger partial charge in [-0.05, 0) is 18.9 Å². The summed E-state index contributed by atoms with van der Waals surface area (Å²) in [6.07, 6.45) is 1.93. The molecule has 0 saturated carbocycles. The fourth-order valence-electron chi connectivity index (χ4n) is 2.46. The minimum absolute atomic E-state index is 0.105. The SMILES string of the molecule is O=C(O)c1cc(-c2cc(F)c(F)cc2N2CCCC2)on1. The highest BCUT2D eigenvalue weighted by Crippen LogP contribution is 2.35. The molecule has 7 heteroatoms. The van der Waals surface area contributed by atoms with Crippen LogP contribution < -0.4 is 4.90 Å². The molecule has 1 saturated heterocycles. The monoisotopic (exact) mass is 294 g/mol. The molecule has 2 heterocycles. The number of carbonyl (C=O) groups is 1. The highest BCUT2D eigenvalue weighted by molar-refractivity contribution is 5.87. The van der Waals surface area contributed by atoms with Crippen molar-refractivity contribution >= 4 is 11.7 Å². The van der Waals surface area contributed by atoms with E-state index in [0.29, 0.717) is 11.3 Å². The Hall–Kier alpha value is -2.44. The summed E-state index contributed by atoms with van der Waals surface area (Å²) in [7, 11) is 0. The van der Waals surface area contributed by atoms with E-state index in [2.05, 4.69) is 5.16 Å². The summed E-state index contributed by atoms with van der Waals surface area (Å²) in [5.41, 5.74) is 0.511. The van der Waals surface area contributed by atoms with Crippen molar-refractivity contribution in [1.29, 1.82) is 0 Å². The molecule has 3 rings (SSSR count). The molecular weight excluding hydrogens is 282 g/mol. The van der Waals surface area contributed by atoms with E-state index in [-0.39, 0.29) is 11.5 Å². The van der Waals surface area contributed by atoms with Gasteiger partial charge in [0.25, 0.3) is 0 Å². The van der Waals surface area contributed by atoms with Crippen LogP contribution in [0.15, 0.2) is 22.7 Å². The Labute approximate surface area is 118 Å². The van der Waals surface area contributed by atoms with Gasteiger partial charge in [0.05, 0.1) is 5.69 Å². The van der Waals surface area contributed by atoms with Gasteiger partial charge in [-0.1, -0.05) is 5.16 Å². The smallest absolute Gasteiger partial charge is 0.358 e. The van der Waals surface area contributed by atoms with Gasteiger partial charge in [0.15, 0.2) is 23.1 Å². The first-order valence-electron chi connectivity index (χ1n) is 6.50. The maximum Gasteiger partial charge on any atom is 0.358 e. The van der Waals surface area contributed by atoms with E-state index in [0.717, 1.165) is 38.1 Å². The summed E-state index contributed by atoms with van der Waals surface area (Å²) in [5.74, 6) is -3.09. The fraction of sp³-hybridized carbons (Fsp3) is 0.286. The van der Waals surface area contributed by atoms with Crippen LogP contribution >= 0.6 is 0 Å². The summed E-state index contributed by atoms with van der Waals surface area (Å²) in [6, 6.07) is 3.32. The molecule has 5 nitrogen and oxygen atoms in total. The first kappa shape index (κ1) is 13.5. The predicted molar refractivity (Wildman–Crippen MR) is 70.3 cm³/mol. The topological polar surface area (TPSA) is 66.6 Å². The molecule has 1 aliphatic rings. The zero-order valence-corrected chi connectivity index (χ0v) is 11.0. The molecule has 1 fully saturated rings. The lowest BCUT2D eigenvalue weighted by atomic mass is 10.1. The number of carboxylic acid groups (broad SMARTS) is 1. The Balaban J connectivity index is 2.10. The molecule has 0 bridgehead atoms. The zero-order valence-electron chi connectivity index (χ0n) is 11.0. The molecule has 0 atom stereocenters. The van der Waals surface area contributed by atoms with Crippen LogP contribution in [0.2, 0.25) is 0 Å². The van der Waals surface area contributed by atoms with E-state index >= 15 is 0 Å². The lowest BCUT2D eigenvalue weighted by Crippen LogP contribution is -2.18. The molecule has 1 aliphatic heterocycles. The Kier molecular flexibility index (Phi) is 3.32. The van der Waals surface area contributed by atoms with E-state index < -0.39 is 17.6 Å². The van der Waals surface area contributed by atoms with Gasteiger partial charge in [0.1, 0.15) is 0 Å². The molecule has 21 heavy (non-hydrogen) atoms. The number of aromatic carboxylic acids is 1. The maximum absolute atomic E-state index is 13.5. The van der Waals surface area contributed by atoms with Crippen LogP contribution in [0.4, 0.5) is 14.5 Å². The molecule has 0 amide bonds. The van der Waals surface area contributed by atoms with Crippen LogP contribution in [0.1, 0.15) is 23.3 Å². The Morgan fingerprint density at radius 2 is 1.86 bits per heavy atom. The molecule has 1 N–H and O–H groups in total. The van der Waals surface area contributed by atoms with Crippen LogP contribution in [0.3, 0.4) is 0 Å². The summed E-state index contributed by atoms with van der Waals surface area (Å²) < 4.78 is 32.0. The van der Waals surface area contributed by atoms with Crippen molar-refractivity contribution in [1.82, 2.24) is 5.16 Å². The number of nitrogens with zero attached hydrogens (tertiary/aromatic N) is 2. The molecule has 1 aromatic heterocycles. The summed E-state index contributed by atoms with van der Waals surface area (Å²) in [4.78, 5) is 12.8. The van der Waals surface area contributed by atoms with Gasteiger partial charge in [-0.25, -0.2) is 13.6 Å². The molecule has 0 radical (unpaired) electrons. The lowest BCUT2D eigenvalue weighted by molar-refractivity contribution is 0.0686. The van der Waals surface area contributed by atoms with Gasteiger partial charge in [-0.2, -0.15) is 0 Å². The van der Waals surface area contributed by atoms with Crippen molar-refractivity contribution in [3.63, 3.8) is 0 Å². The standard InChI is InChI=1S/C14H12F2N2O3/c15-9-5-8(13-7-11(14(19)20)17-21-13)12(6-10(9)16)18-3-1-2-4-18/h5-7H,1-4H2,(H,19,20). The third kappa shape index (κ3) is 2.46. The first-order valence-corrected chi connectivity index (χ1v) is 6.50. The number of hydrogen-bond acceptors (Lipinski definition) is 4. The molecule has 1 aromatic carbocycles. The fourth-order valence-corrected chi connectivity index (χ4v) is 2.46. The summed E-state index contributed by atoms with van der Waals surface area (Å²) in [5, 5.41) is 12.3. The van der Waals surface area contributed by atoms with E-state index in [1.807, 2.05) is 4.90 Å². The van der Waals surface area contributed by atoms with Crippen LogP contribution in [0.25, 0.3) is 11.3 Å². The number of carboxylic acids is 1. The quantitative estimate of drug-likeness (QED) is 0.942. The number of aromatic nitrogens is 1. The van der Waals surface area contributed by atoms with E-state index in [1.165, 1.54) is 6.07 Å². The average molecular weight is 294 g/mol. The second-order valence-corrected chi connectivity index (χ2v) is 4.86. The number of halogens is 2. The highest BCUT2D eigenvalue weighted by atomic mass is 19.2. The first-order chi connectivity index (χ1) is 10.1. The molecule has 0 spiro atoms. The lowest BCUT2D eigenvalue weighted by Gasteiger charge is -2.20. The van der Waals surface area contributed by atoms with Crippen molar-refractivity contribution in [3.05, 3.63) is 35.5 Å². The maximum atomic E-state index is 13.5. The minimum Gasteiger partial charge on any atom is -0.476 e. The van der Waals surface area contributed by atoms with Gasteiger partial charge in [-0.15, -0.1) is 0 Å². The molecular formula is C14H12F2N2O3. The van der Waals surface area contributed by atoms with E-state index in [9.17, 15) is 13.6 Å². The van der Waals surface area contributed by atoms with Crippen LogP contribution in [0, 0.1) is 11.6 Å². The van der Waals surface area contributed by atoms with Gasteiger partial charge in [0.2, 0.25) is 0 Å². The molecule has 110 valence electrons. The normalized spacial score (nSPS) is 14.7. The van der Waals surface area contributed by atoms with Gasteiger partial charge in [0, 0.05) is 30.8 Å². The van der Waals surface area contributed by atoms with Crippen LogP contribution in [-0.2, 0) is 0 Å². The van der Waals surface area contributed by atoms with Crippen LogP contribution in [0.5, 0.6) is 0 Å². The third-order valence-electron chi connectivity index (χ3n) is 3.48. The predicted octanol–water partition coefficient (Wildman–Crippen LogP) is 2.92. The Morgan fingerprint density at radius 3 is 2.48 bits per heavy atom.